The lowest BCUT2D eigenvalue weighted by molar-refractivity contribution is -0.141. The zero-order valence-electron chi connectivity index (χ0n) is 11.1. The number of H-pyrrole nitrogens is 1. The quantitative estimate of drug-likeness (QED) is 0.893. The fraction of sp³-hybridized carbons (Fsp3) is 0.462. The van der Waals surface area contributed by atoms with E-state index in [-0.39, 0.29) is 17.4 Å². The zero-order valence-corrected chi connectivity index (χ0v) is 11.1. The first-order valence-electron chi connectivity index (χ1n) is 6.71. The fourth-order valence-corrected chi connectivity index (χ4v) is 2.38. The van der Waals surface area contributed by atoms with Crippen LogP contribution < -0.4 is 5.32 Å². The molecule has 5 nitrogen and oxygen atoms in total. The van der Waals surface area contributed by atoms with E-state index in [2.05, 4.69) is 25.5 Å². The average Bonchev–Trinajstić information content (AvgIpc) is 2.97. The van der Waals surface area contributed by atoms with Gasteiger partial charge in [-0.1, -0.05) is 6.07 Å². The van der Waals surface area contributed by atoms with Crippen LogP contribution in [-0.4, -0.2) is 33.3 Å². The van der Waals surface area contributed by atoms with Gasteiger partial charge in [-0.05, 0) is 38.1 Å². The van der Waals surface area contributed by atoms with Gasteiger partial charge in [-0.2, -0.15) is 18.3 Å². The number of rotatable bonds is 2. The summed E-state index contributed by atoms with van der Waals surface area (Å²) in [6, 6.07) is 3.72. The van der Waals surface area contributed by atoms with Crippen molar-refractivity contribution in [3.63, 3.8) is 0 Å². The smallest absolute Gasteiger partial charge is 0.317 e. The Kier molecular flexibility index (Phi) is 3.62. The Bertz CT molecular complexity index is 616. The van der Waals surface area contributed by atoms with Crippen molar-refractivity contribution in [3.05, 3.63) is 29.7 Å². The van der Waals surface area contributed by atoms with E-state index in [0.717, 1.165) is 32.0 Å². The molecule has 2 aromatic rings. The van der Waals surface area contributed by atoms with Crippen LogP contribution >= 0.6 is 0 Å². The summed E-state index contributed by atoms with van der Waals surface area (Å²) in [6.45, 7) is 1.81. The van der Waals surface area contributed by atoms with Crippen molar-refractivity contribution in [2.75, 3.05) is 13.1 Å². The monoisotopic (exact) mass is 297 g/mol. The van der Waals surface area contributed by atoms with Crippen molar-refractivity contribution >= 4 is 0 Å². The third kappa shape index (κ3) is 3.05. The SMILES string of the molecule is FC(F)(F)c1cccc(-c2n[nH]c(C3CCNCC3)n2)n1. The van der Waals surface area contributed by atoms with Crippen LogP contribution in [0.3, 0.4) is 0 Å². The van der Waals surface area contributed by atoms with Crippen molar-refractivity contribution in [1.82, 2.24) is 25.5 Å². The molecule has 1 aliphatic heterocycles. The lowest BCUT2D eigenvalue weighted by atomic mass is 9.98. The largest absolute Gasteiger partial charge is 0.433 e. The number of alkyl halides is 3. The van der Waals surface area contributed by atoms with E-state index in [1.165, 1.54) is 12.1 Å². The predicted octanol–water partition coefficient (Wildman–Crippen LogP) is 2.35. The topological polar surface area (TPSA) is 66.5 Å². The van der Waals surface area contributed by atoms with Crippen LogP contribution in [0.1, 0.15) is 30.3 Å². The maximum absolute atomic E-state index is 12.7. The lowest BCUT2D eigenvalue weighted by Gasteiger charge is -2.19. The number of halogens is 3. The molecule has 1 fully saturated rings. The molecule has 0 unspecified atom stereocenters. The molecule has 8 heteroatoms. The minimum absolute atomic E-state index is 0.126. The van der Waals surface area contributed by atoms with E-state index >= 15 is 0 Å². The molecule has 0 spiro atoms. The van der Waals surface area contributed by atoms with E-state index in [0.29, 0.717) is 5.82 Å². The molecule has 0 amide bonds. The zero-order chi connectivity index (χ0) is 14.9. The normalized spacial score (nSPS) is 17.1. The number of hydrogen-bond donors (Lipinski definition) is 2. The summed E-state index contributed by atoms with van der Waals surface area (Å²) in [7, 11) is 0. The molecule has 0 saturated carbocycles. The Hall–Kier alpha value is -1.96. The molecular weight excluding hydrogens is 283 g/mol. The standard InChI is InChI=1S/C13H14F3N5/c14-13(15,16)10-3-1-2-9(18-10)12-19-11(20-21-12)8-4-6-17-7-5-8/h1-3,8,17H,4-7H2,(H,19,20,21). The number of nitrogens with zero attached hydrogens (tertiary/aromatic N) is 3. The second-order valence-corrected chi connectivity index (χ2v) is 4.97. The van der Waals surface area contributed by atoms with E-state index in [4.69, 9.17) is 0 Å². The van der Waals surface area contributed by atoms with Gasteiger partial charge in [0.1, 0.15) is 17.2 Å². The molecule has 0 bridgehead atoms. The molecule has 0 radical (unpaired) electrons. The molecule has 3 rings (SSSR count). The van der Waals surface area contributed by atoms with Gasteiger partial charge < -0.3 is 5.32 Å². The Morgan fingerprint density at radius 2 is 1.86 bits per heavy atom. The summed E-state index contributed by atoms with van der Waals surface area (Å²) in [4.78, 5) is 7.89. The van der Waals surface area contributed by atoms with Crippen molar-refractivity contribution in [3.8, 4) is 11.5 Å². The maximum atomic E-state index is 12.7. The summed E-state index contributed by atoms with van der Waals surface area (Å²) < 4.78 is 38.0. The lowest BCUT2D eigenvalue weighted by Crippen LogP contribution is -2.27. The minimum atomic E-state index is -4.47. The van der Waals surface area contributed by atoms with Gasteiger partial charge in [0.25, 0.3) is 0 Å². The second kappa shape index (κ2) is 5.44. The van der Waals surface area contributed by atoms with Crippen LogP contribution in [0.25, 0.3) is 11.5 Å². The number of aromatic nitrogens is 4. The molecule has 0 atom stereocenters. The van der Waals surface area contributed by atoms with Gasteiger partial charge in [0.15, 0.2) is 5.82 Å². The van der Waals surface area contributed by atoms with Crippen molar-refractivity contribution < 1.29 is 13.2 Å². The average molecular weight is 297 g/mol. The molecule has 2 aromatic heterocycles. The number of nitrogens with one attached hydrogen (secondary N) is 2. The number of hydrogen-bond acceptors (Lipinski definition) is 4. The Morgan fingerprint density at radius 1 is 1.10 bits per heavy atom. The van der Waals surface area contributed by atoms with Crippen LogP contribution in [-0.2, 0) is 6.18 Å². The first-order chi connectivity index (χ1) is 10.0. The predicted molar refractivity (Wildman–Crippen MR) is 69.5 cm³/mol. The van der Waals surface area contributed by atoms with Gasteiger partial charge in [0.2, 0.25) is 0 Å². The fourth-order valence-electron chi connectivity index (χ4n) is 2.38. The third-order valence-electron chi connectivity index (χ3n) is 3.50. The molecule has 1 saturated heterocycles. The van der Waals surface area contributed by atoms with Gasteiger partial charge in [-0.25, -0.2) is 9.97 Å². The molecule has 1 aliphatic rings. The number of piperidine rings is 1. The molecule has 112 valence electrons. The summed E-state index contributed by atoms with van der Waals surface area (Å²) in [5.74, 6) is 1.18. The molecular formula is C13H14F3N5. The summed E-state index contributed by atoms with van der Waals surface area (Å²) in [5.41, 5.74) is -0.811. The highest BCUT2D eigenvalue weighted by Crippen LogP contribution is 2.29. The summed E-state index contributed by atoms with van der Waals surface area (Å²) >= 11 is 0. The highest BCUT2D eigenvalue weighted by molar-refractivity contribution is 5.48. The van der Waals surface area contributed by atoms with Crippen LogP contribution in [0.5, 0.6) is 0 Å². The number of pyridine rings is 1. The van der Waals surface area contributed by atoms with Gasteiger partial charge in [-0.3, -0.25) is 5.10 Å². The van der Waals surface area contributed by atoms with E-state index in [1.807, 2.05) is 0 Å². The number of aromatic amines is 1. The van der Waals surface area contributed by atoms with Crippen LogP contribution in [0.15, 0.2) is 18.2 Å². The second-order valence-electron chi connectivity index (χ2n) is 4.97. The van der Waals surface area contributed by atoms with Crippen molar-refractivity contribution in [1.29, 1.82) is 0 Å². The molecule has 2 N–H and O–H groups in total. The van der Waals surface area contributed by atoms with Gasteiger partial charge in [-0.15, -0.1) is 0 Å². The van der Waals surface area contributed by atoms with Crippen LogP contribution in [0.4, 0.5) is 13.2 Å². The first-order valence-corrected chi connectivity index (χ1v) is 6.71. The van der Waals surface area contributed by atoms with Crippen LogP contribution in [0, 0.1) is 0 Å². The van der Waals surface area contributed by atoms with Crippen LogP contribution in [0.2, 0.25) is 0 Å². The molecule has 3 heterocycles. The van der Waals surface area contributed by atoms with Crippen molar-refractivity contribution in [2.24, 2.45) is 0 Å². The Morgan fingerprint density at radius 3 is 2.57 bits per heavy atom. The first kappa shape index (κ1) is 14.0. The van der Waals surface area contributed by atoms with E-state index in [1.54, 1.807) is 0 Å². The maximum Gasteiger partial charge on any atom is 0.433 e. The summed E-state index contributed by atoms with van der Waals surface area (Å²) in [6.07, 6.45) is -2.60. The van der Waals surface area contributed by atoms with E-state index in [9.17, 15) is 13.2 Å². The van der Waals surface area contributed by atoms with Gasteiger partial charge in [0, 0.05) is 5.92 Å². The van der Waals surface area contributed by atoms with Gasteiger partial charge >= 0.3 is 6.18 Å². The van der Waals surface area contributed by atoms with E-state index < -0.39 is 11.9 Å². The summed E-state index contributed by atoms with van der Waals surface area (Å²) in [5, 5.41) is 10.1. The highest BCUT2D eigenvalue weighted by atomic mass is 19.4. The minimum Gasteiger partial charge on any atom is -0.317 e. The van der Waals surface area contributed by atoms with Crippen molar-refractivity contribution in [2.45, 2.75) is 24.9 Å². The van der Waals surface area contributed by atoms with Gasteiger partial charge in [0.05, 0.1) is 0 Å². The Labute approximate surface area is 119 Å². The molecule has 0 aliphatic carbocycles. The Balaban J connectivity index is 1.86. The molecule has 0 aromatic carbocycles. The highest BCUT2D eigenvalue weighted by Gasteiger charge is 2.32. The molecule has 21 heavy (non-hydrogen) atoms. The third-order valence-corrected chi connectivity index (χ3v) is 3.50.